The Hall–Kier alpha value is -0.610. The first-order valence-corrected chi connectivity index (χ1v) is 5.34. The zero-order chi connectivity index (χ0) is 11.1. The molecular weight excluding hydrogens is 212 g/mol. The number of nitrogens with two attached hydrogens (primary N) is 1. The van der Waals surface area contributed by atoms with Crippen LogP contribution in [0, 0.1) is 0 Å². The van der Waals surface area contributed by atoms with E-state index >= 15 is 0 Å². The summed E-state index contributed by atoms with van der Waals surface area (Å²) < 4.78 is 4.97. The SMILES string of the molecule is COCCNC(CN)c1ccccc1Cl. The van der Waals surface area contributed by atoms with Gasteiger partial charge in [0.05, 0.1) is 6.61 Å². The normalized spacial score (nSPS) is 12.7. The van der Waals surface area contributed by atoms with Crippen molar-refractivity contribution in [3.63, 3.8) is 0 Å². The van der Waals surface area contributed by atoms with Crippen LogP contribution in [0.5, 0.6) is 0 Å². The maximum atomic E-state index is 6.08. The molecule has 0 saturated carbocycles. The van der Waals surface area contributed by atoms with Gasteiger partial charge < -0.3 is 15.8 Å². The molecule has 0 aliphatic heterocycles. The van der Waals surface area contributed by atoms with E-state index in [1.165, 1.54) is 0 Å². The van der Waals surface area contributed by atoms with Gasteiger partial charge in [-0.3, -0.25) is 0 Å². The number of hydrogen-bond donors (Lipinski definition) is 2. The number of rotatable bonds is 6. The van der Waals surface area contributed by atoms with Crippen LogP contribution in [0.4, 0.5) is 0 Å². The Morgan fingerprint density at radius 1 is 1.47 bits per heavy atom. The molecule has 0 spiro atoms. The van der Waals surface area contributed by atoms with Gasteiger partial charge in [-0.05, 0) is 11.6 Å². The number of methoxy groups -OCH3 is 1. The van der Waals surface area contributed by atoms with Gasteiger partial charge in [-0.1, -0.05) is 29.8 Å². The first-order chi connectivity index (χ1) is 7.29. The Kier molecular flexibility index (Phi) is 5.65. The van der Waals surface area contributed by atoms with Crippen LogP contribution in [-0.2, 0) is 4.74 Å². The Morgan fingerprint density at radius 3 is 2.80 bits per heavy atom. The van der Waals surface area contributed by atoms with Crippen LogP contribution in [0.2, 0.25) is 5.02 Å². The average molecular weight is 229 g/mol. The van der Waals surface area contributed by atoms with Gasteiger partial charge >= 0.3 is 0 Å². The van der Waals surface area contributed by atoms with Crippen molar-refractivity contribution in [2.75, 3.05) is 26.8 Å². The molecule has 0 fully saturated rings. The molecule has 0 heterocycles. The van der Waals surface area contributed by atoms with Crippen molar-refractivity contribution in [1.29, 1.82) is 0 Å². The zero-order valence-electron chi connectivity index (χ0n) is 8.87. The lowest BCUT2D eigenvalue weighted by Crippen LogP contribution is -2.30. The van der Waals surface area contributed by atoms with Crippen LogP contribution >= 0.6 is 11.6 Å². The van der Waals surface area contributed by atoms with Gasteiger partial charge in [0.1, 0.15) is 0 Å². The summed E-state index contributed by atoms with van der Waals surface area (Å²) in [6.45, 7) is 1.96. The number of halogens is 1. The van der Waals surface area contributed by atoms with Gasteiger partial charge in [-0.15, -0.1) is 0 Å². The fourth-order valence-electron chi connectivity index (χ4n) is 1.41. The molecule has 0 aliphatic rings. The summed E-state index contributed by atoms with van der Waals surface area (Å²) in [5.41, 5.74) is 6.73. The fraction of sp³-hybridized carbons (Fsp3) is 0.455. The van der Waals surface area contributed by atoms with E-state index in [0.717, 1.165) is 17.1 Å². The molecule has 0 bridgehead atoms. The fourth-order valence-corrected chi connectivity index (χ4v) is 1.68. The Bertz CT molecular complexity index is 294. The summed E-state index contributed by atoms with van der Waals surface area (Å²) in [5, 5.41) is 4.04. The summed E-state index contributed by atoms with van der Waals surface area (Å²) in [5.74, 6) is 0. The minimum atomic E-state index is 0.0915. The topological polar surface area (TPSA) is 47.3 Å². The third-order valence-electron chi connectivity index (χ3n) is 2.21. The second kappa shape index (κ2) is 6.80. The maximum Gasteiger partial charge on any atom is 0.0587 e. The number of nitrogens with one attached hydrogen (secondary N) is 1. The van der Waals surface area contributed by atoms with E-state index < -0.39 is 0 Å². The first-order valence-electron chi connectivity index (χ1n) is 4.96. The van der Waals surface area contributed by atoms with Crippen LogP contribution in [0.3, 0.4) is 0 Å². The zero-order valence-corrected chi connectivity index (χ0v) is 9.63. The number of hydrogen-bond acceptors (Lipinski definition) is 3. The quantitative estimate of drug-likeness (QED) is 0.727. The third kappa shape index (κ3) is 3.80. The summed E-state index contributed by atoms with van der Waals surface area (Å²) in [7, 11) is 1.68. The summed E-state index contributed by atoms with van der Waals surface area (Å²) in [6.07, 6.45) is 0. The maximum absolute atomic E-state index is 6.08. The van der Waals surface area contributed by atoms with E-state index in [9.17, 15) is 0 Å². The predicted molar refractivity (Wildman–Crippen MR) is 63.1 cm³/mol. The Labute approximate surface area is 95.6 Å². The van der Waals surface area contributed by atoms with Gasteiger partial charge in [0.25, 0.3) is 0 Å². The van der Waals surface area contributed by atoms with E-state index in [0.29, 0.717) is 13.2 Å². The largest absolute Gasteiger partial charge is 0.383 e. The van der Waals surface area contributed by atoms with Crippen molar-refractivity contribution in [2.24, 2.45) is 5.73 Å². The van der Waals surface area contributed by atoms with Crippen molar-refractivity contribution in [3.8, 4) is 0 Å². The monoisotopic (exact) mass is 228 g/mol. The highest BCUT2D eigenvalue weighted by atomic mass is 35.5. The molecule has 0 aliphatic carbocycles. The second-order valence-electron chi connectivity index (χ2n) is 3.26. The summed E-state index contributed by atoms with van der Waals surface area (Å²) in [6, 6.07) is 7.82. The standard InChI is InChI=1S/C11H17ClN2O/c1-15-7-6-14-11(8-13)9-4-2-3-5-10(9)12/h2-5,11,14H,6-8,13H2,1H3. The van der Waals surface area contributed by atoms with Crippen molar-refractivity contribution >= 4 is 11.6 Å². The summed E-state index contributed by atoms with van der Waals surface area (Å²) >= 11 is 6.08. The molecule has 1 atom stereocenters. The smallest absolute Gasteiger partial charge is 0.0587 e. The van der Waals surface area contributed by atoms with Crippen molar-refractivity contribution in [1.82, 2.24) is 5.32 Å². The van der Waals surface area contributed by atoms with Crippen LogP contribution in [0.1, 0.15) is 11.6 Å². The van der Waals surface area contributed by atoms with Crippen molar-refractivity contribution in [2.45, 2.75) is 6.04 Å². The molecule has 15 heavy (non-hydrogen) atoms. The van der Waals surface area contributed by atoms with Gasteiger partial charge in [-0.25, -0.2) is 0 Å². The van der Waals surface area contributed by atoms with E-state index in [1.807, 2.05) is 24.3 Å². The number of benzene rings is 1. The van der Waals surface area contributed by atoms with E-state index in [-0.39, 0.29) is 6.04 Å². The molecular formula is C11H17ClN2O. The average Bonchev–Trinajstić information content (AvgIpc) is 2.26. The molecule has 0 saturated heterocycles. The lowest BCUT2D eigenvalue weighted by Gasteiger charge is -2.18. The van der Waals surface area contributed by atoms with Crippen LogP contribution in [-0.4, -0.2) is 26.8 Å². The highest BCUT2D eigenvalue weighted by Crippen LogP contribution is 2.21. The molecule has 1 rings (SSSR count). The highest BCUT2D eigenvalue weighted by molar-refractivity contribution is 6.31. The van der Waals surface area contributed by atoms with E-state index in [2.05, 4.69) is 5.32 Å². The van der Waals surface area contributed by atoms with Gasteiger partial charge in [0, 0.05) is 31.3 Å². The predicted octanol–water partition coefficient (Wildman–Crippen LogP) is 1.58. The Balaban J connectivity index is 2.61. The molecule has 0 radical (unpaired) electrons. The molecule has 0 amide bonds. The highest BCUT2D eigenvalue weighted by Gasteiger charge is 2.11. The van der Waals surface area contributed by atoms with Crippen molar-refractivity contribution < 1.29 is 4.74 Å². The van der Waals surface area contributed by atoms with Gasteiger partial charge in [-0.2, -0.15) is 0 Å². The molecule has 3 N–H and O–H groups in total. The molecule has 3 nitrogen and oxygen atoms in total. The second-order valence-corrected chi connectivity index (χ2v) is 3.66. The van der Waals surface area contributed by atoms with E-state index in [4.69, 9.17) is 22.1 Å². The first kappa shape index (κ1) is 12.5. The minimum absolute atomic E-state index is 0.0915. The molecule has 4 heteroatoms. The molecule has 0 aromatic heterocycles. The number of ether oxygens (including phenoxy) is 1. The lowest BCUT2D eigenvalue weighted by atomic mass is 10.1. The van der Waals surface area contributed by atoms with Crippen LogP contribution < -0.4 is 11.1 Å². The van der Waals surface area contributed by atoms with Crippen LogP contribution in [0.15, 0.2) is 24.3 Å². The third-order valence-corrected chi connectivity index (χ3v) is 2.56. The molecule has 1 aromatic carbocycles. The Morgan fingerprint density at radius 2 is 2.20 bits per heavy atom. The molecule has 1 aromatic rings. The van der Waals surface area contributed by atoms with E-state index in [1.54, 1.807) is 7.11 Å². The van der Waals surface area contributed by atoms with Gasteiger partial charge in [0.15, 0.2) is 0 Å². The molecule has 1 unspecified atom stereocenters. The summed E-state index contributed by atoms with van der Waals surface area (Å²) in [4.78, 5) is 0. The van der Waals surface area contributed by atoms with Crippen molar-refractivity contribution in [3.05, 3.63) is 34.9 Å². The lowest BCUT2D eigenvalue weighted by molar-refractivity contribution is 0.196. The minimum Gasteiger partial charge on any atom is -0.383 e. The van der Waals surface area contributed by atoms with Gasteiger partial charge in [0.2, 0.25) is 0 Å². The molecule has 84 valence electrons. The van der Waals surface area contributed by atoms with Crippen LogP contribution in [0.25, 0.3) is 0 Å².